The molecule has 0 bridgehead atoms. The van der Waals surface area contributed by atoms with Crippen molar-refractivity contribution in [3.8, 4) is 0 Å². The molecule has 0 amide bonds. The standard InChI is InChI=1S/C17H21BrN2/c1-12-6-4-5-7-16(12)20(3)17-9-8-14(10-13(2)19)11-15(17)18/h4-9,11,13H,10,19H2,1-3H3. The maximum Gasteiger partial charge on any atom is 0.0552 e. The predicted octanol–water partition coefficient (Wildman–Crippen LogP) is 4.42. The Morgan fingerprint density at radius 2 is 1.85 bits per heavy atom. The molecule has 0 aliphatic carbocycles. The van der Waals surface area contributed by atoms with Crippen molar-refractivity contribution in [2.75, 3.05) is 11.9 Å². The lowest BCUT2D eigenvalue weighted by molar-refractivity contribution is 0.738. The van der Waals surface area contributed by atoms with Crippen LogP contribution in [0.25, 0.3) is 0 Å². The lowest BCUT2D eigenvalue weighted by Crippen LogP contribution is -2.18. The van der Waals surface area contributed by atoms with Crippen LogP contribution in [0.4, 0.5) is 11.4 Å². The summed E-state index contributed by atoms with van der Waals surface area (Å²) < 4.78 is 1.10. The van der Waals surface area contributed by atoms with Crippen molar-refractivity contribution in [2.45, 2.75) is 26.3 Å². The fourth-order valence-electron chi connectivity index (χ4n) is 2.39. The van der Waals surface area contributed by atoms with Crippen LogP contribution in [0.5, 0.6) is 0 Å². The third kappa shape index (κ3) is 3.41. The molecule has 1 atom stereocenters. The molecule has 1 unspecified atom stereocenters. The quantitative estimate of drug-likeness (QED) is 0.898. The van der Waals surface area contributed by atoms with E-state index in [1.165, 1.54) is 16.8 Å². The smallest absolute Gasteiger partial charge is 0.0552 e. The van der Waals surface area contributed by atoms with Crippen LogP contribution >= 0.6 is 15.9 Å². The number of anilines is 2. The lowest BCUT2D eigenvalue weighted by atomic mass is 10.1. The van der Waals surface area contributed by atoms with Gasteiger partial charge in [-0.2, -0.15) is 0 Å². The van der Waals surface area contributed by atoms with Gasteiger partial charge in [0.05, 0.1) is 5.69 Å². The fraction of sp³-hybridized carbons (Fsp3) is 0.294. The van der Waals surface area contributed by atoms with Crippen molar-refractivity contribution in [1.82, 2.24) is 0 Å². The highest BCUT2D eigenvalue weighted by molar-refractivity contribution is 9.10. The van der Waals surface area contributed by atoms with Gasteiger partial charge >= 0.3 is 0 Å². The number of aryl methyl sites for hydroxylation is 1. The third-order valence-corrected chi connectivity index (χ3v) is 4.04. The second-order valence-electron chi connectivity index (χ2n) is 5.31. The Labute approximate surface area is 129 Å². The minimum absolute atomic E-state index is 0.182. The molecule has 0 radical (unpaired) electrons. The van der Waals surface area contributed by atoms with Crippen LogP contribution in [0, 0.1) is 6.92 Å². The average Bonchev–Trinajstić information content (AvgIpc) is 2.38. The second kappa shape index (κ2) is 6.42. The molecule has 2 aromatic carbocycles. The van der Waals surface area contributed by atoms with E-state index in [-0.39, 0.29) is 6.04 Å². The van der Waals surface area contributed by atoms with Gasteiger partial charge in [0.2, 0.25) is 0 Å². The molecule has 0 heterocycles. The molecule has 0 fully saturated rings. The van der Waals surface area contributed by atoms with Gasteiger partial charge in [0.1, 0.15) is 0 Å². The summed E-state index contributed by atoms with van der Waals surface area (Å²) >= 11 is 3.68. The molecule has 0 spiro atoms. The summed E-state index contributed by atoms with van der Waals surface area (Å²) in [6, 6.07) is 15.0. The van der Waals surface area contributed by atoms with E-state index in [1.807, 2.05) is 6.92 Å². The first-order valence-corrected chi connectivity index (χ1v) is 7.61. The van der Waals surface area contributed by atoms with Crippen molar-refractivity contribution < 1.29 is 0 Å². The Morgan fingerprint density at radius 1 is 1.15 bits per heavy atom. The summed E-state index contributed by atoms with van der Waals surface area (Å²) in [7, 11) is 2.09. The molecule has 0 aliphatic heterocycles. The van der Waals surface area contributed by atoms with Crippen molar-refractivity contribution in [3.05, 3.63) is 58.1 Å². The number of para-hydroxylation sites is 1. The van der Waals surface area contributed by atoms with Gasteiger partial charge < -0.3 is 10.6 Å². The first-order valence-electron chi connectivity index (χ1n) is 6.82. The summed E-state index contributed by atoms with van der Waals surface area (Å²) in [4.78, 5) is 2.20. The van der Waals surface area contributed by atoms with Gasteiger partial charge in [-0.1, -0.05) is 24.3 Å². The number of rotatable bonds is 4. The van der Waals surface area contributed by atoms with E-state index < -0.39 is 0 Å². The van der Waals surface area contributed by atoms with Crippen LogP contribution in [0.1, 0.15) is 18.1 Å². The molecule has 2 aromatic rings. The van der Waals surface area contributed by atoms with Crippen LogP contribution in [0.15, 0.2) is 46.9 Å². The Kier molecular flexibility index (Phi) is 4.84. The maximum absolute atomic E-state index is 5.86. The van der Waals surface area contributed by atoms with Crippen molar-refractivity contribution in [2.24, 2.45) is 5.73 Å². The third-order valence-electron chi connectivity index (χ3n) is 3.41. The zero-order valence-corrected chi connectivity index (χ0v) is 13.8. The van der Waals surface area contributed by atoms with Crippen molar-refractivity contribution in [1.29, 1.82) is 0 Å². The molecule has 3 heteroatoms. The summed E-state index contributed by atoms with van der Waals surface area (Å²) in [6.45, 7) is 4.16. The largest absolute Gasteiger partial charge is 0.343 e. The molecule has 0 saturated heterocycles. The average molecular weight is 333 g/mol. The normalized spacial score (nSPS) is 12.2. The molecule has 20 heavy (non-hydrogen) atoms. The monoisotopic (exact) mass is 332 g/mol. The molecule has 2 rings (SSSR count). The van der Waals surface area contributed by atoms with Gasteiger partial charge in [0.15, 0.2) is 0 Å². The highest BCUT2D eigenvalue weighted by atomic mass is 79.9. The van der Waals surface area contributed by atoms with Crippen LogP contribution in [-0.2, 0) is 6.42 Å². The molecule has 0 aromatic heterocycles. The number of hydrogen-bond acceptors (Lipinski definition) is 2. The maximum atomic E-state index is 5.86. The highest BCUT2D eigenvalue weighted by Crippen LogP contribution is 2.33. The molecule has 106 valence electrons. The summed E-state index contributed by atoms with van der Waals surface area (Å²) in [5, 5.41) is 0. The Hall–Kier alpha value is -1.32. The number of halogens is 1. The SMILES string of the molecule is Cc1ccccc1N(C)c1ccc(CC(C)N)cc1Br. The van der Waals surface area contributed by atoms with Gasteiger partial charge in [-0.3, -0.25) is 0 Å². The zero-order valence-electron chi connectivity index (χ0n) is 12.2. The molecule has 2 nitrogen and oxygen atoms in total. The molecular formula is C17H21BrN2. The highest BCUT2D eigenvalue weighted by Gasteiger charge is 2.10. The van der Waals surface area contributed by atoms with Crippen LogP contribution in [-0.4, -0.2) is 13.1 Å². The summed E-state index contributed by atoms with van der Waals surface area (Å²) in [5.41, 5.74) is 10.8. The van der Waals surface area contributed by atoms with Gasteiger partial charge in [-0.15, -0.1) is 0 Å². The van der Waals surface area contributed by atoms with Gasteiger partial charge in [0.25, 0.3) is 0 Å². The topological polar surface area (TPSA) is 29.3 Å². The first-order chi connectivity index (χ1) is 9.49. The lowest BCUT2D eigenvalue weighted by Gasteiger charge is -2.23. The minimum Gasteiger partial charge on any atom is -0.343 e. The number of hydrogen-bond donors (Lipinski definition) is 1. The number of nitrogens with two attached hydrogens (primary N) is 1. The van der Waals surface area contributed by atoms with Crippen LogP contribution in [0.2, 0.25) is 0 Å². The molecule has 0 saturated carbocycles. The van der Waals surface area contributed by atoms with Crippen molar-refractivity contribution in [3.63, 3.8) is 0 Å². The summed E-state index contributed by atoms with van der Waals surface area (Å²) in [6.07, 6.45) is 0.896. The minimum atomic E-state index is 0.182. The van der Waals surface area contributed by atoms with E-state index >= 15 is 0 Å². The van der Waals surface area contributed by atoms with E-state index in [9.17, 15) is 0 Å². The van der Waals surface area contributed by atoms with E-state index in [1.54, 1.807) is 0 Å². The first kappa shape index (κ1) is 15.1. The second-order valence-corrected chi connectivity index (χ2v) is 6.17. The summed E-state index contributed by atoms with van der Waals surface area (Å²) in [5.74, 6) is 0. The number of benzene rings is 2. The number of nitrogens with zero attached hydrogens (tertiary/aromatic N) is 1. The van der Waals surface area contributed by atoms with E-state index in [4.69, 9.17) is 5.73 Å². The van der Waals surface area contributed by atoms with Crippen LogP contribution < -0.4 is 10.6 Å². The van der Waals surface area contributed by atoms with Crippen molar-refractivity contribution >= 4 is 27.3 Å². The van der Waals surface area contributed by atoms with Gasteiger partial charge in [0, 0.05) is 23.2 Å². The van der Waals surface area contributed by atoms with Gasteiger partial charge in [-0.05, 0) is 65.5 Å². The zero-order chi connectivity index (χ0) is 14.7. The Morgan fingerprint density at radius 3 is 2.45 bits per heavy atom. The van der Waals surface area contributed by atoms with E-state index in [2.05, 4.69) is 77.3 Å². The predicted molar refractivity (Wildman–Crippen MR) is 90.7 cm³/mol. The fourth-order valence-corrected chi connectivity index (χ4v) is 3.08. The molecule has 2 N–H and O–H groups in total. The van der Waals surface area contributed by atoms with Crippen LogP contribution in [0.3, 0.4) is 0 Å². The Balaban J connectivity index is 2.31. The molecule has 0 aliphatic rings. The Bertz CT molecular complexity index is 593. The van der Waals surface area contributed by atoms with E-state index in [0.29, 0.717) is 0 Å². The van der Waals surface area contributed by atoms with E-state index in [0.717, 1.165) is 16.6 Å². The van der Waals surface area contributed by atoms with Gasteiger partial charge in [-0.25, -0.2) is 0 Å². The molecular weight excluding hydrogens is 312 g/mol.